The maximum atomic E-state index is 14.7. The number of aryl methyl sites for hydroxylation is 1. The van der Waals surface area contributed by atoms with Gasteiger partial charge in [-0.1, -0.05) is 72.3 Å². The molecule has 2 N–H and O–H groups in total. The van der Waals surface area contributed by atoms with Gasteiger partial charge < -0.3 is 39.2 Å². The number of hydrogen-bond donors (Lipinski definition) is 2. The van der Waals surface area contributed by atoms with Gasteiger partial charge in [0.15, 0.2) is 11.5 Å². The van der Waals surface area contributed by atoms with E-state index in [1.165, 1.54) is 11.6 Å². The molecule has 0 radical (unpaired) electrons. The van der Waals surface area contributed by atoms with Gasteiger partial charge in [0, 0.05) is 39.9 Å². The first-order valence-electron chi connectivity index (χ1n) is 19.3. The minimum atomic E-state index is -1.27. The molecule has 1 aliphatic rings. The van der Waals surface area contributed by atoms with Crippen molar-refractivity contribution in [2.45, 2.75) is 51.0 Å². The zero-order chi connectivity index (χ0) is 40.9. The van der Waals surface area contributed by atoms with Crippen LogP contribution in [0.1, 0.15) is 53.2 Å². The number of nitrogens with zero attached hydrogens (tertiary/aromatic N) is 1. The van der Waals surface area contributed by atoms with Crippen LogP contribution in [0.4, 0.5) is 10.1 Å². The molecule has 0 aliphatic carbocycles. The predicted molar refractivity (Wildman–Crippen MR) is 223 cm³/mol. The van der Waals surface area contributed by atoms with Gasteiger partial charge in [-0.05, 0) is 80.4 Å². The highest BCUT2D eigenvalue weighted by atomic mass is 35.5. The molecule has 0 aromatic heterocycles. The molecule has 0 fully saturated rings. The molecule has 0 saturated carbocycles. The second-order valence-electron chi connectivity index (χ2n) is 13.8. The Bertz CT molecular complexity index is 2150. The molecular weight excluding hydrogens is 761 g/mol. The molecule has 0 unspecified atom stereocenters. The standard InChI is InChI=1S/C46H49ClFN3O7/c1-54-35-21-19-33(41(27-35)55-2)30-51-39-22-20-34(47)26-37(39)44(58-42(46(51)53)28-43(52)50-29-32-15-7-8-17-38(32)48)36-16-9-18-40(45(36)56-3)57-25-11-24-49-23-10-14-31-12-5-4-6-13-31/h4-9,12-13,15-22,26-27,42,44,49H,10-11,14,23-25,28-30H2,1-3H3,(H,50,52)/t42-,44-/m0/s1. The van der Waals surface area contributed by atoms with E-state index in [0.29, 0.717) is 62.6 Å². The van der Waals surface area contributed by atoms with Crippen LogP contribution < -0.4 is 34.5 Å². The normalized spacial score (nSPS) is 15.0. The van der Waals surface area contributed by atoms with Crippen LogP contribution in [-0.4, -0.2) is 58.9 Å². The number of nitrogens with one attached hydrogen (secondary N) is 2. The van der Waals surface area contributed by atoms with Crippen LogP contribution in [0.5, 0.6) is 23.0 Å². The highest BCUT2D eigenvalue weighted by Gasteiger charge is 2.39. The van der Waals surface area contributed by atoms with Crippen LogP contribution >= 0.6 is 11.6 Å². The lowest BCUT2D eigenvalue weighted by Gasteiger charge is -2.26. The predicted octanol–water partition coefficient (Wildman–Crippen LogP) is 8.22. The maximum absolute atomic E-state index is 14.7. The Morgan fingerprint density at radius 3 is 2.38 bits per heavy atom. The quantitative estimate of drug-likeness (QED) is 0.0805. The summed E-state index contributed by atoms with van der Waals surface area (Å²) in [6.07, 6.45) is 0.273. The fourth-order valence-corrected chi connectivity index (χ4v) is 7.16. The average Bonchev–Trinajstić information content (AvgIpc) is 3.35. The molecule has 10 nitrogen and oxygen atoms in total. The minimum Gasteiger partial charge on any atom is -0.497 e. The second-order valence-corrected chi connectivity index (χ2v) is 14.2. The van der Waals surface area contributed by atoms with Gasteiger partial charge in [-0.2, -0.15) is 0 Å². The van der Waals surface area contributed by atoms with Gasteiger partial charge in [-0.15, -0.1) is 0 Å². The minimum absolute atomic E-state index is 0.0607. The Balaban J connectivity index is 1.26. The van der Waals surface area contributed by atoms with Crippen molar-refractivity contribution in [2.75, 3.05) is 45.9 Å². The molecule has 58 heavy (non-hydrogen) atoms. The number of benzene rings is 5. The summed E-state index contributed by atoms with van der Waals surface area (Å²) in [6, 6.07) is 32.7. The van der Waals surface area contributed by atoms with E-state index in [2.05, 4.69) is 34.9 Å². The van der Waals surface area contributed by atoms with Crippen LogP contribution in [0.2, 0.25) is 5.02 Å². The lowest BCUT2D eigenvalue weighted by atomic mass is 9.97. The summed E-state index contributed by atoms with van der Waals surface area (Å²) >= 11 is 6.66. The Hall–Kier alpha value is -5.62. The number of fused-ring (bicyclic) bond motifs is 1. The van der Waals surface area contributed by atoms with Crippen molar-refractivity contribution < 1.29 is 37.7 Å². The van der Waals surface area contributed by atoms with Crippen molar-refractivity contribution in [2.24, 2.45) is 0 Å². The molecule has 0 bridgehead atoms. The zero-order valence-corrected chi connectivity index (χ0v) is 33.7. The Morgan fingerprint density at radius 2 is 1.60 bits per heavy atom. The van der Waals surface area contributed by atoms with Gasteiger partial charge in [-0.25, -0.2) is 4.39 Å². The third-order valence-corrected chi connectivity index (χ3v) is 10.2. The summed E-state index contributed by atoms with van der Waals surface area (Å²) in [4.78, 5) is 29.8. The summed E-state index contributed by atoms with van der Waals surface area (Å²) < 4.78 is 44.5. The second kappa shape index (κ2) is 20.7. The number of rotatable bonds is 19. The van der Waals surface area contributed by atoms with E-state index in [-0.39, 0.29) is 19.5 Å². The Labute approximate surface area is 344 Å². The van der Waals surface area contributed by atoms with Crippen molar-refractivity contribution >= 4 is 29.1 Å². The number of carbonyl (C=O) groups is 2. The Morgan fingerprint density at radius 1 is 0.810 bits per heavy atom. The molecule has 2 amide bonds. The summed E-state index contributed by atoms with van der Waals surface area (Å²) in [6.45, 7) is 2.13. The van der Waals surface area contributed by atoms with Crippen LogP contribution in [0.15, 0.2) is 109 Å². The molecule has 304 valence electrons. The SMILES string of the molecule is COc1ccc(CN2C(=O)[C@H](CC(=O)NCc3ccccc3F)O[C@@H](c3cccc(OCCCNCCCc4ccccc4)c3OC)c3cc(Cl)ccc32)c(OC)c1. The molecule has 0 saturated heterocycles. The van der Waals surface area contributed by atoms with E-state index in [9.17, 15) is 14.0 Å². The number of amides is 2. The lowest BCUT2D eigenvalue weighted by molar-refractivity contribution is -0.138. The summed E-state index contributed by atoms with van der Waals surface area (Å²) in [5.74, 6) is 0.627. The molecule has 12 heteroatoms. The highest BCUT2D eigenvalue weighted by molar-refractivity contribution is 6.30. The first-order valence-corrected chi connectivity index (χ1v) is 19.7. The first kappa shape index (κ1) is 42.0. The number of methoxy groups -OCH3 is 3. The fourth-order valence-electron chi connectivity index (χ4n) is 6.98. The van der Waals surface area contributed by atoms with Crippen LogP contribution in [0.25, 0.3) is 0 Å². The number of halogens is 2. The molecule has 2 atom stereocenters. The fraction of sp³-hybridized carbons (Fsp3) is 0.304. The monoisotopic (exact) mass is 809 g/mol. The van der Waals surface area contributed by atoms with Crippen molar-refractivity contribution in [3.05, 3.63) is 148 Å². The van der Waals surface area contributed by atoms with E-state index in [0.717, 1.165) is 32.4 Å². The van der Waals surface area contributed by atoms with Crippen LogP contribution in [-0.2, 0) is 33.8 Å². The number of anilines is 1. The van der Waals surface area contributed by atoms with Crippen LogP contribution in [0, 0.1) is 5.82 Å². The van der Waals surface area contributed by atoms with Gasteiger partial charge in [0.05, 0.1) is 46.6 Å². The third kappa shape index (κ3) is 10.7. The van der Waals surface area contributed by atoms with Gasteiger partial charge >= 0.3 is 0 Å². The summed E-state index contributed by atoms with van der Waals surface area (Å²) in [5.41, 5.74) is 4.02. The number of carbonyl (C=O) groups excluding carboxylic acids is 2. The van der Waals surface area contributed by atoms with E-state index in [4.69, 9.17) is 35.3 Å². The largest absolute Gasteiger partial charge is 0.497 e. The van der Waals surface area contributed by atoms with E-state index in [1.54, 1.807) is 74.8 Å². The molecule has 5 aromatic rings. The van der Waals surface area contributed by atoms with E-state index < -0.39 is 29.8 Å². The highest BCUT2D eigenvalue weighted by Crippen LogP contribution is 2.46. The third-order valence-electron chi connectivity index (χ3n) is 9.95. The van der Waals surface area contributed by atoms with Crippen molar-refractivity contribution in [3.8, 4) is 23.0 Å². The van der Waals surface area contributed by atoms with Crippen LogP contribution in [0.3, 0.4) is 0 Å². The number of hydrogen-bond acceptors (Lipinski definition) is 8. The van der Waals surface area contributed by atoms with Gasteiger partial charge in [0.2, 0.25) is 5.91 Å². The smallest absolute Gasteiger partial charge is 0.257 e. The molecule has 1 heterocycles. The number of ether oxygens (including phenoxy) is 5. The van der Waals surface area contributed by atoms with Gasteiger partial charge in [0.25, 0.3) is 5.91 Å². The van der Waals surface area contributed by atoms with Gasteiger partial charge in [-0.3, -0.25) is 9.59 Å². The summed E-state index contributed by atoms with van der Waals surface area (Å²) in [5, 5.41) is 6.67. The number of para-hydroxylation sites is 1. The van der Waals surface area contributed by atoms with Crippen molar-refractivity contribution in [1.29, 1.82) is 0 Å². The lowest BCUT2D eigenvalue weighted by Crippen LogP contribution is -2.41. The average molecular weight is 810 g/mol. The van der Waals surface area contributed by atoms with Crippen molar-refractivity contribution in [3.63, 3.8) is 0 Å². The van der Waals surface area contributed by atoms with Crippen molar-refractivity contribution in [1.82, 2.24) is 10.6 Å². The van der Waals surface area contributed by atoms with Gasteiger partial charge in [0.1, 0.15) is 29.5 Å². The maximum Gasteiger partial charge on any atom is 0.257 e. The summed E-state index contributed by atoms with van der Waals surface area (Å²) in [7, 11) is 4.66. The molecule has 0 spiro atoms. The topological polar surface area (TPSA) is 108 Å². The molecule has 6 rings (SSSR count). The molecule has 1 aliphatic heterocycles. The van der Waals surface area contributed by atoms with E-state index >= 15 is 0 Å². The van der Waals surface area contributed by atoms with E-state index in [1.807, 2.05) is 30.3 Å². The Kier molecular flexibility index (Phi) is 15.0. The zero-order valence-electron chi connectivity index (χ0n) is 33.0. The molecule has 5 aromatic carbocycles. The first-order chi connectivity index (χ1) is 28.3. The molecular formula is C46H49ClFN3O7.